The predicted molar refractivity (Wildman–Crippen MR) is 96.2 cm³/mol. The molecule has 0 aliphatic carbocycles. The van der Waals surface area contributed by atoms with E-state index in [1.807, 2.05) is 0 Å². The molecule has 0 aliphatic rings. The third-order valence-electron chi connectivity index (χ3n) is 2.89. The SMILES string of the molecule is COC(=O)/C=C/c1ccc(OS(=O)(=O)c2cc(Cl)sc2Cl)c(OC)c1. The van der Waals surface area contributed by atoms with Crippen LogP contribution in [-0.2, 0) is 19.6 Å². The van der Waals surface area contributed by atoms with Gasteiger partial charge in [0.1, 0.15) is 9.23 Å². The molecule has 2 aromatic rings. The van der Waals surface area contributed by atoms with Gasteiger partial charge in [-0.2, -0.15) is 8.42 Å². The maximum Gasteiger partial charge on any atom is 0.341 e. The summed E-state index contributed by atoms with van der Waals surface area (Å²) in [5.74, 6) is -0.394. The van der Waals surface area contributed by atoms with Crippen molar-refractivity contribution in [1.82, 2.24) is 0 Å². The highest BCUT2D eigenvalue weighted by atomic mass is 35.5. The Hall–Kier alpha value is -1.74. The Kier molecular flexibility index (Phi) is 6.34. The molecular formula is C15H12Cl2O6S2. The fourth-order valence-corrected chi connectivity index (χ4v) is 4.79. The van der Waals surface area contributed by atoms with E-state index >= 15 is 0 Å². The molecule has 6 nitrogen and oxygen atoms in total. The smallest absolute Gasteiger partial charge is 0.341 e. The minimum atomic E-state index is -4.18. The standard InChI is InChI=1S/C15H12Cl2O6S2/c1-21-11-7-9(4-6-14(18)22-2)3-5-10(11)23-25(19,20)12-8-13(16)24-15(12)17/h3-8H,1-2H3/b6-4+. The Morgan fingerprint density at radius 2 is 1.88 bits per heavy atom. The van der Waals surface area contributed by atoms with E-state index in [1.165, 1.54) is 44.6 Å². The van der Waals surface area contributed by atoms with Gasteiger partial charge >= 0.3 is 16.1 Å². The lowest BCUT2D eigenvalue weighted by Crippen LogP contribution is -2.10. The van der Waals surface area contributed by atoms with Gasteiger partial charge in [-0.3, -0.25) is 0 Å². The molecule has 0 saturated carbocycles. The van der Waals surface area contributed by atoms with Crippen LogP contribution < -0.4 is 8.92 Å². The van der Waals surface area contributed by atoms with Crippen LogP contribution in [0.3, 0.4) is 0 Å². The van der Waals surface area contributed by atoms with Crippen molar-refractivity contribution < 1.29 is 26.9 Å². The maximum absolute atomic E-state index is 12.4. The summed E-state index contributed by atoms with van der Waals surface area (Å²) in [5.41, 5.74) is 0.587. The number of carbonyl (C=O) groups excluding carboxylic acids is 1. The van der Waals surface area contributed by atoms with Gasteiger partial charge in [0.15, 0.2) is 11.5 Å². The first-order valence-electron chi connectivity index (χ1n) is 6.60. The molecule has 0 saturated heterocycles. The van der Waals surface area contributed by atoms with Crippen LogP contribution >= 0.6 is 34.5 Å². The maximum atomic E-state index is 12.4. The molecule has 0 atom stereocenters. The van der Waals surface area contributed by atoms with Crippen LogP contribution in [-0.4, -0.2) is 28.6 Å². The Morgan fingerprint density at radius 3 is 2.44 bits per heavy atom. The van der Waals surface area contributed by atoms with Crippen LogP contribution in [0.5, 0.6) is 11.5 Å². The molecule has 0 radical (unpaired) electrons. The number of halogens is 2. The molecule has 134 valence electrons. The summed E-state index contributed by atoms with van der Waals surface area (Å²) in [5, 5.41) is 0. The second-order valence-corrected chi connectivity index (χ2v) is 8.29. The normalized spacial score (nSPS) is 11.5. The molecule has 10 heteroatoms. The monoisotopic (exact) mass is 422 g/mol. The highest BCUT2D eigenvalue weighted by Gasteiger charge is 2.24. The number of benzene rings is 1. The second-order valence-electron chi connectivity index (χ2n) is 4.49. The van der Waals surface area contributed by atoms with Gasteiger partial charge in [0.2, 0.25) is 0 Å². The zero-order valence-electron chi connectivity index (χ0n) is 13.0. The Labute approximate surface area is 158 Å². The Morgan fingerprint density at radius 1 is 1.16 bits per heavy atom. The average molecular weight is 423 g/mol. The largest absolute Gasteiger partial charge is 0.493 e. The number of hydrogen-bond acceptors (Lipinski definition) is 7. The molecule has 0 fully saturated rings. The van der Waals surface area contributed by atoms with E-state index < -0.39 is 16.1 Å². The topological polar surface area (TPSA) is 78.9 Å². The van der Waals surface area contributed by atoms with Crippen molar-refractivity contribution in [3.8, 4) is 11.5 Å². The molecule has 1 aromatic heterocycles. The van der Waals surface area contributed by atoms with E-state index in [1.54, 1.807) is 6.07 Å². The lowest BCUT2D eigenvalue weighted by atomic mass is 10.2. The third-order valence-corrected chi connectivity index (χ3v) is 5.88. The van der Waals surface area contributed by atoms with Crippen LogP contribution in [0, 0.1) is 0 Å². The summed E-state index contributed by atoms with van der Waals surface area (Å²) in [6.07, 6.45) is 2.71. The van der Waals surface area contributed by atoms with Crippen molar-refractivity contribution in [3.63, 3.8) is 0 Å². The molecule has 0 bridgehead atoms. The van der Waals surface area contributed by atoms with E-state index in [4.69, 9.17) is 32.1 Å². The van der Waals surface area contributed by atoms with Crippen molar-refractivity contribution >= 4 is 56.7 Å². The number of rotatable bonds is 6. The first-order chi connectivity index (χ1) is 11.8. The zero-order valence-corrected chi connectivity index (χ0v) is 16.1. The van der Waals surface area contributed by atoms with E-state index in [2.05, 4.69) is 4.74 Å². The van der Waals surface area contributed by atoms with Crippen LogP contribution in [0.2, 0.25) is 8.67 Å². The van der Waals surface area contributed by atoms with Gasteiger partial charge in [-0.25, -0.2) is 4.79 Å². The van der Waals surface area contributed by atoms with Gasteiger partial charge in [0.25, 0.3) is 0 Å². The van der Waals surface area contributed by atoms with Crippen molar-refractivity contribution in [2.24, 2.45) is 0 Å². The number of ether oxygens (including phenoxy) is 2. The minimum absolute atomic E-state index is 0.00148. The van der Waals surface area contributed by atoms with Crippen LogP contribution in [0.15, 0.2) is 35.2 Å². The van der Waals surface area contributed by atoms with Gasteiger partial charge in [-0.15, -0.1) is 11.3 Å². The molecule has 0 aliphatic heterocycles. The zero-order chi connectivity index (χ0) is 18.6. The Balaban J connectivity index is 2.32. The minimum Gasteiger partial charge on any atom is -0.493 e. The van der Waals surface area contributed by atoms with Gasteiger partial charge in [-0.1, -0.05) is 29.3 Å². The quantitative estimate of drug-likeness (QED) is 0.397. The van der Waals surface area contributed by atoms with Crippen molar-refractivity contribution in [2.75, 3.05) is 14.2 Å². The number of thiophene rings is 1. The van der Waals surface area contributed by atoms with Gasteiger partial charge in [0, 0.05) is 6.08 Å². The molecule has 1 heterocycles. The number of esters is 1. The first-order valence-corrected chi connectivity index (χ1v) is 9.58. The highest BCUT2D eigenvalue weighted by Crippen LogP contribution is 2.37. The van der Waals surface area contributed by atoms with Gasteiger partial charge in [-0.05, 0) is 29.8 Å². The van der Waals surface area contributed by atoms with E-state index in [0.29, 0.717) is 5.56 Å². The van der Waals surface area contributed by atoms with E-state index in [-0.39, 0.29) is 25.1 Å². The van der Waals surface area contributed by atoms with Gasteiger partial charge < -0.3 is 13.7 Å². The summed E-state index contributed by atoms with van der Waals surface area (Å²) in [4.78, 5) is 10.9. The van der Waals surface area contributed by atoms with E-state index in [0.717, 1.165) is 11.3 Å². The molecule has 0 spiro atoms. The molecule has 25 heavy (non-hydrogen) atoms. The second kappa shape index (κ2) is 8.09. The molecule has 2 rings (SSSR count). The van der Waals surface area contributed by atoms with E-state index in [9.17, 15) is 13.2 Å². The van der Waals surface area contributed by atoms with Crippen LogP contribution in [0.25, 0.3) is 6.08 Å². The fraction of sp³-hybridized carbons (Fsp3) is 0.133. The summed E-state index contributed by atoms with van der Waals surface area (Å²) in [6, 6.07) is 5.67. The molecule has 0 unspecified atom stereocenters. The third kappa shape index (κ3) is 4.88. The molecule has 1 aromatic carbocycles. The molecule has 0 amide bonds. The number of carbonyl (C=O) groups is 1. The summed E-state index contributed by atoms with van der Waals surface area (Å²) < 4.78 is 39.7. The van der Waals surface area contributed by atoms with Crippen LogP contribution in [0.4, 0.5) is 0 Å². The molecular weight excluding hydrogens is 411 g/mol. The first kappa shape index (κ1) is 19.6. The lowest BCUT2D eigenvalue weighted by molar-refractivity contribution is -0.134. The predicted octanol–water partition coefficient (Wildman–Crippen LogP) is 4.02. The molecule has 0 N–H and O–H groups in total. The Bertz CT molecular complexity index is 918. The van der Waals surface area contributed by atoms with Gasteiger partial charge in [0.05, 0.1) is 18.6 Å². The van der Waals surface area contributed by atoms with Crippen LogP contribution in [0.1, 0.15) is 5.56 Å². The summed E-state index contributed by atoms with van der Waals surface area (Å²) >= 11 is 12.6. The fourth-order valence-electron chi connectivity index (χ4n) is 1.75. The van der Waals surface area contributed by atoms with Crippen molar-refractivity contribution in [2.45, 2.75) is 4.90 Å². The summed E-state index contributed by atoms with van der Waals surface area (Å²) in [7, 11) is -1.56. The number of methoxy groups -OCH3 is 2. The number of hydrogen-bond donors (Lipinski definition) is 0. The highest BCUT2D eigenvalue weighted by molar-refractivity contribution is 7.87. The van der Waals surface area contributed by atoms with Crippen molar-refractivity contribution in [3.05, 3.63) is 44.6 Å². The lowest BCUT2D eigenvalue weighted by Gasteiger charge is -2.11. The van der Waals surface area contributed by atoms with Crippen molar-refractivity contribution in [1.29, 1.82) is 0 Å². The average Bonchev–Trinajstić information content (AvgIpc) is 2.92. The summed E-state index contributed by atoms with van der Waals surface area (Å²) in [6.45, 7) is 0.